The maximum atomic E-state index is 13.3. The number of halogens is 1. The molecule has 0 bridgehead atoms. The van der Waals surface area contributed by atoms with Crippen LogP contribution in [0.25, 0.3) is 0 Å². The normalized spacial score (nSPS) is 15.5. The number of benzene rings is 3. The number of carbonyl (C=O) groups is 1. The molecule has 0 spiro atoms. The van der Waals surface area contributed by atoms with E-state index in [4.69, 9.17) is 17.3 Å². The molecule has 0 aliphatic carbocycles. The third-order valence-electron chi connectivity index (χ3n) is 5.58. The predicted octanol–water partition coefficient (Wildman–Crippen LogP) is 4.98. The molecule has 1 aliphatic rings. The molecular formula is C25H26ClN5O2. The highest BCUT2D eigenvalue weighted by Crippen LogP contribution is 2.32. The van der Waals surface area contributed by atoms with Gasteiger partial charge in [0.15, 0.2) is 0 Å². The maximum Gasteiger partial charge on any atom is 0.251 e. The molecule has 1 saturated heterocycles. The predicted molar refractivity (Wildman–Crippen MR) is 133 cm³/mol. The van der Waals surface area contributed by atoms with Gasteiger partial charge in [-0.2, -0.15) is 0 Å². The van der Waals surface area contributed by atoms with Crippen molar-refractivity contribution in [2.24, 2.45) is 10.9 Å². The third kappa shape index (κ3) is 5.27. The summed E-state index contributed by atoms with van der Waals surface area (Å²) in [5.74, 6) is 0.365. The lowest BCUT2D eigenvalue weighted by molar-refractivity contribution is -0.117. The van der Waals surface area contributed by atoms with Gasteiger partial charge in [-0.1, -0.05) is 59.2 Å². The second-order valence-electron chi connectivity index (χ2n) is 7.82. The number of oxime groups is 1. The highest BCUT2D eigenvalue weighted by atomic mass is 35.5. The Bertz CT molecular complexity index is 1150. The minimum absolute atomic E-state index is 0.220. The Hall–Kier alpha value is -3.55. The summed E-state index contributed by atoms with van der Waals surface area (Å²) in [4.78, 5) is 15.2. The van der Waals surface area contributed by atoms with E-state index in [0.29, 0.717) is 29.5 Å². The fourth-order valence-corrected chi connectivity index (χ4v) is 4.22. The molecule has 3 aromatic carbocycles. The van der Waals surface area contributed by atoms with Crippen LogP contribution in [-0.4, -0.2) is 23.5 Å². The molecule has 5 N–H and O–H groups in total. The van der Waals surface area contributed by atoms with Gasteiger partial charge in [0.2, 0.25) is 0 Å². The molecule has 7 nitrogen and oxygen atoms in total. The average Bonchev–Trinajstić information content (AvgIpc) is 3.32. The van der Waals surface area contributed by atoms with Gasteiger partial charge in [0.25, 0.3) is 5.91 Å². The van der Waals surface area contributed by atoms with E-state index < -0.39 is 6.04 Å². The Balaban J connectivity index is 1.56. The van der Waals surface area contributed by atoms with Crippen LogP contribution in [0.3, 0.4) is 0 Å². The summed E-state index contributed by atoms with van der Waals surface area (Å²) in [6.45, 7) is 1.15. The third-order valence-corrected chi connectivity index (χ3v) is 5.89. The van der Waals surface area contributed by atoms with Crippen molar-refractivity contribution >= 4 is 40.4 Å². The number of anilines is 3. The molecule has 33 heavy (non-hydrogen) atoms. The zero-order valence-electron chi connectivity index (χ0n) is 18.0. The largest absolute Gasteiger partial charge is 0.409 e. The number of nitrogens with one attached hydrogen (secondary N) is 2. The van der Waals surface area contributed by atoms with Gasteiger partial charge in [-0.25, -0.2) is 0 Å². The molecule has 1 heterocycles. The summed E-state index contributed by atoms with van der Waals surface area (Å²) in [5, 5.41) is 19.3. The average molecular weight is 464 g/mol. The van der Waals surface area contributed by atoms with E-state index in [1.165, 1.54) is 0 Å². The Morgan fingerprint density at radius 1 is 1.09 bits per heavy atom. The van der Waals surface area contributed by atoms with E-state index in [9.17, 15) is 10.0 Å². The van der Waals surface area contributed by atoms with Crippen molar-refractivity contribution in [1.29, 1.82) is 0 Å². The van der Waals surface area contributed by atoms with E-state index in [-0.39, 0.29) is 5.91 Å². The molecule has 4 rings (SSSR count). The van der Waals surface area contributed by atoms with E-state index in [0.717, 1.165) is 35.5 Å². The summed E-state index contributed by atoms with van der Waals surface area (Å²) in [7, 11) is 0. The number of rotatable bonds is 7. The first-order valence-corrected chi connectivity index (χ1v) is 11.2. The van der Waals surface area contributed by atoms with Crippen LogP contribution >= 0.6 is 11.6 Å². The molecule has 170 valence electrons. The zero-order valence-corrected chi connectivity index (χ0v) is 18.8. The number of amidine groups is 1. The van der Waals surface area contributed by atoms with Gasteiger partial charge in [-0.3, -0.25) is 4.79 Å². The Kier molecular flexibility index (Phi) is 7.12. The second-order valence-corrected chi connectivity index (χ2v) is 8.23. The summed E-state index contributed by atoms with van der Waals surface area (Å²) in [6.07, 6.45) is 1.59. The van der Waals surface area contributed by atoms with Crippen LogP contribution in [0.2, 0.25) is 5.02 Å². The quantitative estimate of drug-likeness (QED) is 0.292. The first-order valence-electron chi connectivity index (χ1n) is 10.8. The smallest absolute Gasteiger partial charge is 0.251 e. The van der Waals surface area contributed by atoms with E-state index in [1.807, 2.05) is 65.6 Å². The fraction of sp³-hybridized carbons (Fsp3) is 0.200. The summed E-state index contributed by atoms with van der Waals surface area (Å²) < 4.78 is 0. The summed E-state index contributed by atoms with van der Waals surface area (Å²) >= 11 is 6.52. The standard InChI is InChI=1S/C25H26ClN5O2/c26-21-15-20(11-12-22(21)31-13-5-10-23(31)30-33)29-25(32)24(18-7-2-1-3-8-18)28-19-9-4-6-17(14-19)16-27/h1-4,6-9,11-12,14-15,24,28,33H,5,10,13,16,27H2,(H,29,32). The topological polar surface area (TPSA) is 103 Å². The van der Waals surface area contributed by atoms with Crippen molar-refractivity contribution < 1.29 is 10.0 Å². The van der Waals surface area contributed by atoms with Crippen molar-refractivity contribution in [3.8, 4) is 0 Å². The monoisotopic (exact) mass is 463 g/mol. The Labute approximate surface area is 197 Å². The molecule has 0 radical (unpaired) electrons. The number of hydrogen-bond donors (Lipinski definition) is 4. The lowest BCUT2D eigenvalue weighted by atomic mass is 10.0. The molecule has 8 heteroatoms. The van der Waals surface area contributed by atoms with Gasteiger partial charge in [-0.05, 0) is 47.9 Å². The SMILES string of the molecule is NCc1cccc(NC(C(=O)Nc2ccc(N3CCCC3=NO)c(Cl)c2)c2ccccc2)c1. The molecule has 1 amide bonds. The number of nitrogens with two attached hydrogens (primary N) is 1. The second kappa shape index (κ2) is 10.4. The van der Waals surface area contributed by atoms with Crippen LogP contribution in [0, 0.1) is 0 Å². The van der Waals surface area contributed by atoms with Crippen LogP contribution in [0.4, 0.5) is 17.1 Å². The number of hydrogen-bond acceptors (Lipinski definition) is 5. The van der Waals surface area contributed by atoms with E-state index in [2.05, 4.69) is 15.8 Å². The van der Waals surface area contributed by atoms with Gasteiger partial charge in [0, 0.05) is 30.9 Å². The lowest BCUT2D eigenvalue weighted by Crippen LogP contribution is -2.27. The Morgan fingerprint density at radius 3 is 2.64 bits per heavy atom. The van der Waals surface area contributed by atoms with Crippen molar-refractivity contribution in [2.75, 3.05) is 22.1 Å². The van der Waals surface area contributed by atoms with Crippen LogP contribution in [-0.2, 0) is 11.3 Å². The molecule has 1 atom stereocenters. The van der Waals surface area contributed by atoms with Crippen LogP contribution < -0.4 is 21.3 Å². The minimum Gasteiger partial charge on any atom is -0.409 e. The molecular weight excluding hydrogens is 438 g/mol. The van der Waals surface area contributed by atoms with Gasteiger partial charge >= 0.3 is 0 Å². The lowest BCUT2D eigenvalue weighted by Gasteiger charge is -2.22. The highest BCUT2D eigenvalue weighted by molar-refractivity contribution is 6.34. The summed E-state index contributed by atoms with van der Waals surface area (Å²) in [5.41, 5.74) is 9.70. The highest BCUT2D eigenvalue weighted by Gasteiger charge is 2.24. The van der Waals surface area contributed by atoms with Crippen LogP contribution in [0.15, 0.2) is 78.0 Å². The molecule has 3 aromatic rings. The molecule has 0 saturated carbocycles. The molecule has 0 aromatic heterocycles. The van der Waals surface area contributed by atoms with Crippen LogP contribution in [0.5, 0.6) is 0 Å². The first-order chi connectivity index (χ1) is 16.1. The van der Waals surface area contributed by atoms with E-state index >= 15 is 0 Å². The molecule has 1 aliphatic heterocycles. The van der Waals surface area contributed by atoms with Crippen molar-refractivity contribution in [1.82, 2.24) is 0 Å². The van der Waals surface area contributed by atoms with Gasteiger partial charge in [0.05, 0.1) is 10.7 Å². The number of nitrogens with zero attached hydrogens (tertiary/aromatic N) is 2. The van der Waals surface area contributed by atoms with Crippen molar-refractivity contribution in [3.05, 3.63) is 88.9 Å². The van der Waals surface area contributed by atoms with Crippen LogP contribution in [0.1, 0.15) is 30.0 Å². The minimum atomic E-state index is -0.621. The Morgan fingerprint density at radius 2 is 1.91 bits per heavy atom. The number of amides is 1. The van der Waals surface area contributed by atoms with Gasteiger partial charge in [-0.15, -0.1) is 0 Å². The molecule has 1 fully saturated rings. The van der Waals surface area contributed by atoms with Crippen molar-refractivity contribution in [2.45, 2.75) is 25.4 Å². The zero-order chi connectivity index (χ0) is 23.2. The number of carbonyl (C=O) groups excluding carboxylic acids is 1. The van der Waals surface area contributed by atoms with Gasteiger partial charge in [0.1, 0.15) is 11.9 Å². The summed E-state index contributed by atoms with van der Waals surface area (Å²) in [6, 6.07) is 21.9. The maximum absolute atomic E-state index is 13.3. The van der Waals surface area contributed by atoms with E-state index in [1.54, 1.807) is 12.1 Å². The van der Waals surface area contributed by atoms with Crippen molar-refractivity contribution in [3.63, 3.8) is 0 Å². The molecule has 1 unspecified atom stereocenters. The fourth-order valence-electron chi connectivity index (χ4n) is 3.94. The first kappa shape index (κ1) is 22.6. The van der Waals surface area contributed by atoms with Gasteiger partial charge < -0.3 is 26.5 Å².